The standard InChI is InChI=1S/C24H24N6O3/c1-32-16-11-15(12-17(13-16)33-2)30-20(7-9-29-10-8-26-14-29)22(31)21(23(30)25)24-27-18-5-3-4-6-19(18)28-24/h3-6,8,10-14,31H,7,9,25H2,1-2H3,(H,27,28). The van der Waals surface area contributed by atoms with Crippen molar-refractivity contribution in [2.24, 2.45) is 0 Å². The van der Waals surface area contributed by atoms with Crippen molar-refractivity contribution >= 4 is 16.9 Å². The number of H-pyrrole nitrogens is 1. The lowest BCUT2D eigenvalue weighted by Gasteiger charge is -2.14. The second-order valence-electron chi connectivity index (χ2n) is 7.61. The maximum atomic E-state index is 11.4. The van der Waals surface area contributed by atoms with E-state index in [1.54, 1.807) is 32.8 Å². The van der Waals surface area contributed by atoms with Crippen LogP contribution in [-0.4, -0.2) is 43.4 Å². The molecule has 168 valence electrons. The third kappa shape index (κ3) is 3.63. The normalized spacial score (nSPS) is 11.2. The van der Waals surface area contributed by atoms with Gasteiger partial charge in [0, 0.05) is 43.6 Å². The number of para-hydroxylation sites is 2. The zero-order chi connectivity index (χ0) is 22.9. The summed E-state index contributed by atoms with van der Waals surface area (Å²) in [6, 6.07) is 13.2. The van der Waals surface area contributed by atoms with Gasteiger partial charge in [-0.15, -0.1) is 0 Å². The molecule has 0 saturated heterocycles. The summed E-state index contributed by atoms with van der Waals surface area (Å²) in [6.07, 6.45) is 5.84. The summed E-state index contributed by atoms with van der Waals surface area (Å²) >= 11 is 0. The first kappa shape index (κ1) is 20.5. The van der Waals surface area contributed by atoms with Crippen LogP contribution in [-0.2, 0) is 13.0 Å². The number of hydrogen-bond acceptors (Lipinski definition) is 6. The predicted octanol–water partition coefficient (Wildman–Crippen LogP) is 3.76. The van der Waals surface area contributed by atoms with Crippen LogP contribution in [0.1, 0.15) is 5.69 Å². The van der Waals surface area contributed by atoms with E-state index in [9.17, 15) is 5.11 Å². The van der Waals surface area contributed by atoms with Crippen molar-refractivity contribution in [3.05, 3.63) is 66.9 Å². The van der Waals surface area contributed by atoms with Crippen molar-refractivity contribution in [2.75, 3.05) is 20.0 Å². The summed E-state index contributed by atoms with van der Waals surface area (Å²) < 4.78 is 14.7. The Morgan fingerprint density at radius 3 is 2.52 bits per heavy atom. The Morgan fingerprint density at radius 1 is 1.09 bits per heavy atom. The summed E-state index contributed by atoms with van der Waals surface area (Å²) in [5.74, 6) is 2.17. The van der Waals surface area contributed by atoms with E-state index in [0.29, 0.717) is 53.1 Å². The number of nitrogens with zero attached hydrogens (tertiary/aromatic N) is 4. The van der Waals surface area contributed by atoms with E-state index >= 15 is 0 Å². The van der Waals surface area contributed by atoms with Crippen molar-refractivity contribution in [2.45, 2.75) is 13.0 Å². The Labute approximate surface area is 190 Å². The summed E-state index contributed by atoms with van der Waals surface area (Å²) in [6.45, 7) is 0.609. The number of benzene rings is 2. The topological polar surface area (TPSA) is 116 Å². The van der Waals surface area contributed by atoms with Crippen molar-refractivity contribution in [3.8, 4) is 34.3 Å². The molecule has 0 amide bonds. The second kappa shape index (κ2) is 8.27. The van der Waals surface area contributed by atoms with Crippen LogP contribution in [0.4, 0.5) is 5.82 Å². The Balaban J connectivity index is 1.70. The molecule has 0 aliphatic carbocycles. The van der Waals surface area contributed by atoms with Crippen LogP contribution >= 0.6 is 0 Å². The minimum Gasteiger partial charge on any atom is -0.505 e. The molecule has 0 radical (unpaired) electrons. The molecule has 2 aromatic carbocycles. The third-order valence-corrected chi connectivity index (χ3v) is 5.66. The highest BCUT2D eigenvalue weighted by Gasteiger charge is 2.25. The number of aryl methyl sites for hydroxylation is 1. The molecule has 5 rings (SSSR count). The van der Waals surface area contributed by atoms with Crippen LogP contribution in [0.3, 0.4) is 0 Å². The number of imidazole rings is 2. The molecule has 0 bridgehead atoms. The molecule has 0 saturated carbocycles. The summed E-state index contributed by atoms with van der Waals surface area (Å²) in [4.78, 5) is 12.0. The van der Waals surface area contributed by atoms with Crippen molar-refractivity contribution in [1.29, 1.82) is 0 Å². The lowest BCUT2D eigenvalue weighted by molar-refractivity contribution is 0.394. The van der Waals surface area contributed by atoms with Gasteiger partial charge in [0.05, 0.1) is 43.0 Å². The zero-order valence-electron chi connectivity index (χ0n) is 18.3. The van der Waals surface area contributed by atoms with Crippen molar-refractivity contribution in [3.63, 3.8) is 0 Å². The highest BCUT2D eigenvalue weighted by atomic mass is 16.5. The molecular formula is C24H24N6O3. The van der Waals surface area contributed by atoms with E-state index in [-0.39, 0.29) is 5.75 Å². The Morgan fingerprint density at radius 2 is 1.85 bits per heavy atom. The number of nitrogens with one attached hydrogen (secondary N) is 1. The lowest BCUT2D eigenvalue weighted by Crippen LogP contribution is -2.08. The maximum Gasteiger partial charge on any atom is 0.150 e. The van der Waals surface area contributed by atoms with E-state index in [0.717, 1.165) is 11.0 Å². The minimum atomic E-state index is 0.0773. The Kier molecular flexibility index (Phi) is 5.14. The van der Waals surface area contributed by atoms with Crippen LogP contribution in [0.2, 0.25) is 0 Å². The van der Waals surface area contributed by atoms with Crippen LogP contribution in [0.25, 0.3) is 28.1 Å². The number of nitrogens with two attached hydrogens (primary N) is 1. The molecule has 0 unspecified atom stereocenters. The van der Waals surface area contributed by atoms with Crippen LogP contribution in [0.15, 0.2) is 61.2 Å². The predicted molar refractivity (Wildman–Crippen MR) is 126 cm³/mol. The highest BCUT2D eigenvalue weighted by molar-refractivity contribution is 5.86. The fourth-order valence-electron chi connectivity index (χ4n) is 4.03. The van der Waals surface area contributed by atoms with Gasteiger partial charge in [-0.3, -0.25) is 4.57 Å². The smallest absolute Gasteiger partial charge is 0.150 e. The van der Waals surface area contributed by atoms with Gasteiger partial charge in [-0.05, 0) is 12.1 Å². The first-order chi connectivity index (χ1) is 16.1. The molecule has 9 nitrogen and oxygen atoms in total. The molecule has 3 heterocycles. The average Bonchev–Trinajstić information content (AvgIpc) is 3.55. The van der Waals surface area contributed by atoms with Gasteiger partial charge in [-0.1, -0.05) is 12.1 Å². The average molecular weight is 444 g/mol. The first-order valence-electron chi connectivity index (χ1n) is 10.5. The molecule has 5 aromatic rings. The van der Waals surface area contributed by atoms with Gasteiger partial charge in [-0.25, -0.2) is 9.97 Å². The van der Waals surface area contributed by atoms with Crippen LogP contribution in [0, 0.1) is 0 Å². The molecule has 3 aromatic heterocycles. The number of ether oxygens (including phenoxy) is 2. The monoisotopic (exact) mass is 444 g/mol. The number of methoxy groups -OCH3 is 2. The van der Waals surface area contributed by atoms with Gasteiger partial charge in [0.25, 0.3) is 0 Å². The highest BCUT2D eigenvalue weighted by Crippen LogP contribution is 2.42. The number of fused-ring (bicyclic) bond motifs is 1. The van der Waals surface area contributed by atoms with E-state index in [2.05, 4.69) is 15.0 Å². The fourth-order valence-corrected chi connectivity index (χ4v) is 4.03. The largest absolute Gasteiger partial charge is 0.505 e. The van der Waals surface area contributed by atoms with Gasteiger partial charge in [0.2, 0.25) is 0 Å². The van der Waals surface area contributed by atoms with E-state index in [1.165, 1.54) is 0 Å². The summed E-state index contributed by atoms with van der Waals surface area (Å²) in [7, 11) is 3.18. The molecular weight excluding hydrogens is 420 g/mol. The minimum absolute atomic E-state index is 0.0773. The fraction of sp³-hybridized carbons (Fsp3) is 0.167. The number of rotatable bonds is 7. The number of aromatic hydroxyl groups is 1. The van der Waals surface area contributed by atoms with Crippen LogP contribution < -0.4 is 15.2 Å². The van der Waals surface area contributed by atoms with Gasteiger partial charge in [0.1, 0.15) is 34.5 Å². The number of nitrogen functional groups attached to an aromatic ring is 1. The number of aromatic amines is 1. The Hall–Kier alpha value is -4.40. The lowest BCUT2D eigenvalue weighted by atomic mass is 10.2. The zero-order valence-corrected chi connectivity index (χ0v) is 18.3. The van der Waals surface area contributed by atoms with Gasteiger partial charge in [-0.2, -0.15) is 0 Å². The molecule has 0 aliphatic heterocycles. The van der Waals surface area contributed by atoms with E-state index in [4.69, 9.17) is 15.2 Å². The maximum absolute atomic E-state index is 11.4. The molecule has 0 atom stereocenters. The van der Waals surface area contributed by atoms with Crippen molar-refractivity contribution < 1.29 is 14.6 Å². The molecule has 4 N–H and O–H groups in total. The molecule has 0 spiro atoms. The summed E-state index contributed by atoms with van der Waals surface area (Å²) in [5, 5.41) is 11.4. The second-order valence-corrected chi connectivity index (χ2v) is 7.61. The van der Waals surface area contributed by atoms with Gasteiger partial charge < -0.3 is 29.9 Å². The molecule has 0 fully saturated rings. The molecule has 9 heteroatoms. The number of hydrogen-bond donors (Lipinski definition) is 3. The van der Waals surface area contributed by atoms with E-state index in [1.807, 2.05) is 51.7 Å². The number of aromatic nitrogens is 5. The van der Waals surface area contributed by atoms with Gasteiger partial charge in [0.15, 0.2) is 0 Å². The van der Waals surface area contributed by atoms with E-state index < -0.39 is 0 Å². The quantitative estimate of drug-likeness (QED) is 0.352. The Bertz CT molecular complexity index is 1360. The molecule has 33 heavy (non-hydrogen) atoms. The van der Waals surface area contributed by atoms with Crippen LogP contribution in [0.5, 0.6) is 17.2 Å². The third-order valence-electron chi connectivity index (χ3n) is 5.66. The van der Waals surface area contributed by atoms with Gasteiger partial charge >= 0.3 is 0 Å². The van der Waals surface area contributed by atoms with Crippen molar-refractivity contribution in [1.82, 2.24) is 24.1 Å². The SMILES string of the molecule is COc1cc(OC)cc(-n2c(N)c(-c3nc4ccccc4[nH]3)c(O)c2CCn2ccnc2)c1. The molecule has 0 aliphatic rings. The first-order valence-corrected chi connectivity index (χ1v) is 10.5. The summed E-state index contributed by atoms with van der Waals surface area (Å²) in [5.41, 5.74) is 10.1. The number of anilines is 1.